The maximum atomic E-state index is 11.9. The van der Waals surface area contributed by atoms with Gasteiger partial charge in [0.25, 0.3) is 0 Å². The van der Waals surface area contributed by atoms with Gasteiger partial charge in [-0.2, -0.15) is 0 Å². The van der Waals surface area contributed by atoms with E-state index in [0.29, 0.717) is 19.7 Å². The average molecular weight is 277 g/mol. The van der Waals surface area contributed by atoms with Crippen LogP contribution in [0, 0.1) is 0 Å². The Morgan fingerprint density at radius 3 is 2.55 bits per heavy atom. The zero-order chi connectivity index (χ0) is 14.5. The van der Waals surface area contributed by atoms with Crippen LogP contribution in [0.3, 0.4) is 0 Å². The Morgan fingerprint density at radius 2 is 1.95 bits per heavy atom. The van der Waals surface area contributed by atoms with Crippen molar-refractivity contribution < 1.29 is 9.53 Å². The number of para-hydroxylation sites is 2. The van der Waals surface area contributed by atoms with E-state index >= 15 is 0 Å². The number of hydrogen-bond donors (Lipinski definition) is 1. The van der Waals surface area contributed by atoms with Crippen LogP contribution in [0.25, 0.3) is 0 Å². The van der Waals surface area contributed by atoms with Gasteiger partial charge in [-0.05, 0) is 26.0 Å². The fraction of sp³-hybridized carbons (Fsp3) is 0.533. The third kappa shape index (κ3) is 3.22. The molecule has 0 bridgehead atoms. The molecule has 20 heavy (non-hydrogen) atoms. The Balaban J connectivity index is 2.02. The second-order valence-corrected chi connectivity index (χ2v) is 5.00. The minimum absolute atomic E-state index is 0.0303. The molecule has 1 amide bonds. The molecule has 1 heterocycles. The summed E-state index contributed by atoms with van der Waals surface area (Å²) >= 11 is 0. The first-order valence-electron chi connectivity index (χ1n) is 7.14. The number of anilines is 1. The zero-order valence-corrected chi connectivity index (χ0v) is 12.2. The normalized spacial score (nSPS) is 16.9. The minimum Gasteiger partial charge on any atom is -0.492 e. The van der Waals surface area contributed by atoms with Gasteiger partial charge < -0.3 is 20.3 Å². The number of carbonyl (C=O) groups excluding carboxylic acids is 1. The molecule has 0 saturated carbocycles. The largest absolute Gasteiger partial charge is 0.492 e. The predicted octanol–water partition coefficient (Wildman–Crippen LogP) is 1.08. The highest BCUT2D eigenvalue weighted by molar-refractivity contribution is 5.81. The monoisotopic (exact) mass is 277 g/mol. The summed E-state index contributed by atoms with van der Waals surface area (Å²) in [6.07, 6.45) is 0. The standard InChI is InChI=1S/C15H23N3O2/c1-3-20-14-7-5-4-6-13(14)17-8-10-18(11-9-17)15(19)12(2)16/h4-7,12H,3,8-11,16H2,1-2H3/t12-/m0/s1. The summed E-state index contributed by atoms with van der Waals surface area (Å²) in [5.74, 6) is 0.935. The first-order valence-corrected chi connectivity index (χ1v) is 7.14. The molecule has 110 valence electrons. The summed E-state index contributed by atoms with van der Waals surface area (Å²) in [5, 5.41) is 0. The third-order valence-electron chi connectivity index (χ3n) is 3.49. The van der Waals surface area contributed by atoms with E-state index in [4.69, 9.17) is 10.5 Å². The van der Waals surface area contributed by atoms with Crippen LogP contribution in [0.2, 0.25) is 0 Å². The van der Waals surface area contributed by atoms with Gasteiger partial charge in [0.2, 0.25) is 5.91 Å². The maximum Gasteiger partial charge on any atom is 0.239 e. The predicted molar refractivity (Wildman–Crippen MR) is 80.1 cm³/mol. The summed E-state index contributed by atoms with van der Waals surface area (Å²) < 4.78 is 5.66. The second-order valence-electron chi connectivity index (χ2n) is 5.00. The number of carbonyl (C=O) groups is 1. The number of piperazine rings is 1. The van der Waals surface area contributed by atoms with Gasteiger partial charge in [0, 0.05) is 26.2 Å². The van der Waals surface area contributed by atoms with Gasteiger partial charge >= 0.3 is 0 Å². The highest BCUT2D eigenvalue weighted by Crippen LogP contribution is 2.28. The molecule has 1 fully saturated rings. The Kier molecular flexibility index (Phi) is 4.84. The molecule has 2 rings (SSSR count). The number of rotatable bonds is 4. The van der Waals surface area contributed by atoms with Crippen molar-refractivity contribution in [3.63, 3.8) is 0 Å². The van der Waals surface area contributed by atoms with E-state index in [1.807, 2.05) is 30.0 Å². The lowest BCUT2D eigenvalue weighted by Gasteiger charge is -2.37. The lowest BCUT2D eigenvalue weighted by atomic mass is 10.2. The van der Waals surface area contributed by atoms with Crippen molar-refractivity contribution in [2.24, 2.45) is 5.73 Å². The van der Waals surface area contributed by atoms with Gasteiger partial charge in [-0.1, -0.05) is 12.1 Å². The van der Waals surface area contributed by atoms with Crippen LogP contribution in [0.4, 0.5) is 5.69 Å². The molecule has 5 nitrogen and oxygen atoms in total. The Morgan fingerprint density at radius 1 is 1.30 bits per heavy atom. The van der Waals surface area contributed by atoms with Gasteiger partial charge in [-0.25, -0.2) is 0 Å². The van der Waals surface area contributed by atoms with Crippen molar-refractivity contribution in [2.75, 3.05) is 37.7 Å². The van der Waals surface area contributed by atoms with Crippen LogP contribution in [0.15, 0.2) is 24.3 Å². The van der Waals surface area contributed by atoms with Crippen LogP contribution < -0.4 is 15.4 Å². The van der Waals surface area contributed by atoms with Gasteiger partial charge in [-0.3, -0.25) is 4.79 Å². The Hall–Kier alpha value is -1.75. The quantitative estimate of drug-likeness (QED) is 0.895. The Bertz CT molecular complexity index is 454. The summed E-state index contributed by atoms with van der Waals surface area (Å²) in [6, 6.07) is 7.62. The number of hydrogen-bond acceptors (Lipinski definition) is 4. The molecule has 1 aliphatic heterocycles. The SMILES string of the molecule is CCOc1ccccc1N1CCN(C(=O)[C@H](C)N)CC1. The Labute approximate surface area is 120 Å². The van der Waals surface area contributed by atoms with Crippen molar-refractivity contribution in [2.45, 2.75) is 19.9 Å². The molecule has 1 saturated heterocycles. The summed E-state index contributed by atoms with van der Waals surface area (Å²) in [6.45, 7) is 7.40. The summed E-state index contributed by atoms with van der Waals surface area (Å²) in [4.78, 5) is 16.0. The van der Waals surface area contributed by atoms with Crippen LogP contribution >= 0.6 is 0 Å². The number of nitrogens with zero attached hydrogens (tertiary/aromatic N) is 2. The van der Waals surface area contributed by atoms with Crippen LogP contribution in [0.5, 0.6) is 5.75 Å². The van der Waals surface area contributed by atoms with Crippen LogP contribution in [0.1, 0.15) is 13.8 Å². The van der Waals surface area contributed by atoms with E-state index in [1.54, 1.807) is 6.92 Å². The number of benzene rings is 1. The fourth-order valence-corrected chi connectivity index (χ4v) is 2.45. The molecule has 0 aromatic heterocycles. The van der Waals surface area contributed by atoms with Crippen molar-refractivity contribution >= 4 is 11.6 Å². The van der Waals surface area contributed by atoms with E-state index in [-0.39, 0.29) is 5.91 Å². The topological polar surface area (TPSA) is 58.8 Å². The molecule has 1 aromatic carbocycles. The summed E-state index contributed by atoms with van der Waals surface area (Å²) in [5.41, 5.74) is 6.75. The molecule has 0 spiro atoms. The molecule has 1 aliphatic rings. The van der Waals surface area contributed by atoms with E-state index in [1.165, 1.54) is 0 Å². The molecule has 2 N–H and O–H groups in total. The van der Waals surface area contributed by atoms with E-state index in [0.717, 1.165) is 24.5 Å². The number of ether oxygens (including phenoxy) is 1. The molecule has 0 radical (unpaired) electrons. The molecule has 0 aliphatic carbocycles. The van der Waals surface area contributed by atoms with E-state index < -0.39 is 6.04 Å². The molecule has 1 aromatic rings. The first-order chi connectivity index (χ1) is 9.63. The third-order valence-corrected chi connectivity index (χ3v) is 3.49. The fourth-order valence-electron chi connectivity index (χ4n) is 2.45. The zero-order valence-electron chi connectivity index (χ0n) is 12.2. The van der Waals surface area contributed by atoms with Crippen molar-refractivity contribution in [1.82, 2.24) is 4.90 Å². The molecular weight excluding hydrogens is 254 g/mol. The van der Waals surface area contributed by atoms with Crippen molar-refractivity contribution in [3.8, 4) is 5.75 Å². The smallest absolute Gasteiger partial charge is 0.239 e. The molecule has 1 atom stereocenters. The number of amides is 1. The second kappa shape index (κ2) is 6.61. The lowest BCUT2D eigenvalue weighted by molar-refractivity contribution is -0.132. The minimum atomic E-state index is -0.419. The van der Waals surface area contributed by atoms with Gasteiger partial charge in [0.05, 0.1) is 18.3 Å². The van der Waals surface area contributed by atoms with Crippen LogP contribution in [-0.4, -0.2) is 49.6 Å². The lowest BCUT2D eigenvalue weighted by Crippen LogP contribution is -2.52. The maximum absolute atomic E-state index is 11.9. The van der Waals surface area contributed by atoms with Crippen molar-refractivity contribution in [1.29, 1.82) is 0 Å². The van der Waals surface area contributed by atoms with E-state index in [9.17, 15) is 4.79 Å². The highest BCUT2D eigenvalue weighted by atomic mass is 16.5. The van der Waals surface area contributed by atoms with Gasteiger partial charge in [0.1, 0.15) is 5.75 Å². The number of nitrogens with two attached hydrogens (primary N) is 1. The first kappa shape index (κ1) is 14.7. The highest BCUT2D eigenvalue weighted by Gasteiger charge is 2.24. The van der Waals surface area contributed by atoms with Crippen molar-refractivity contribution in [3.05, 3.63) is 24.3 Å². The van der Waals surface area contributed by atoms with Gasteiger partial charge in [-0.15, -0.1) is 0 Å². The molecule has 0 unspecified atom stereocenters. The molecule has 5 heteroatoms. The van der Waals surface area contributed by atoms with Gasteiger partial charge in [0.15, 0.2) is 0 Å². The molecular formula is C15H23N3O2. The summed E-state index contributed by atoms with van der Waals surface area (Å²) in [7, 11) is 0. The van der Waals surface area contributed by atoms with E-state index in [2.05, 4.69) is 11.0 Å². The average Bonchev–Trinajstić information content (AvgIpc) is 2.47. The van der Waals surface area contributed by atoms with Crippen LogP contribution in [-0.2, 0) is 4.79 Å².